The second-order valence-electron chi connectivity index (χ2n) is 5.40. The van der Waals surface area contributed by atoms with Crippen molar-refractivity contribution < 1.29 is 9.13 Å². The van der Waals surface area contributed by atoms with Gasteiger partial charge in [0.15, 0.2) is 0 Å². The molecule has 0 aliphatic heterocycles. The van der Waals surface area contributed by atoms with E-state index >= 15 is 0 Å². The highest BCUT2D eigenvalue weighted by atomic mass is 19.1. The van der Waals surface area contributed by atoms with Crippen LogP contribution in [0.15, 0.2) is 24.3 Å². The maximum atomic E-state index is 13.4. The molecule has 106 valence electrons. The number of hydrogen-bond donors (Lipinski definition) is 1. The van der Waals surface area contributed by atoms with E-state index in [1.807, 2.05) is 6.07 Å². The van der Waals surface area contributed by atoms with E-state index in [0.717, 1.165) is 25.3 Å². The Kier molecular flexibility index (Phi) is 5.80. The van der Waals surface area contributed by atoms with Crippen LogP contribution >= 0.6 is 0 Å². The molecule has 1 aliphatic carbocycles. The average molecular weight is 265 g/mol. The van der Waals surface area contributed by atoms with Crippen LogP contribution in [0.5, 0.6) is 0 Å². The molecule has 0 bridgehead atoms. The smallest absolute Gasteiger partial charge is 0.123 e. The third-order valence-electron chi connectivity index (χ3n) is 4.09. The van der Waals surface area contributed by atoms with Gasteiger partial charge in [0, 0.05) is 20.2 Å². The molecule has 1 aliphatic rings. The predicted molar refractivity (Wildman–Crippen MR) is 75.8 cm³/mol. The second kappa shape index (κ2) is 7.61. The molecule has 0 radical (unpaired) electrons. The summed E-state index contributed by atoms with van der Waals surface area (Å²) in [5.41, 5.74) is 1.14. The Hall–Kier alpha value is -0.930. The largest absolute Gasteiger partial charge is 0.383 e. The molecule has 1 atom stereocenters. The molecule has 1 unspecified atom stereocenters. The molecule has 1 N–H and O–H groups in total. The first-order valence-electron chi connectivity index (χ1n) is 7.26. The first-order valence-corrected chi connectivity index (χ1v) is 7.26. The molecule has 3 heteroatoms. The van der Waals surface area contributed by atoms with Gasteiger partial charge in [0.05, 0.1) is 6.61 Å². The molecule has 2 nitrogen and oxygen atoms in total. The van der Waals surface area contributed by atoms with Gasteiger partial charge in [-0.3, -0.25) is 0 Å². The Morgan fingerprint density at radius 2 is 2.16 bits per heavy atom. The van der Waals surface area contributed by atoms with E-state index in [1.165, 1.54) is 31.7 Å². The van der Waals surface area contributed by atoms with Gasteiger partial charge < -0.3 is 10.1 Å². The number of halogens is 1. The van der Waals surface area contributed by atoms with Gasteiger partial charge in [0.1, 0.15) is 5.82 Å². The zero-order valence-electron chi connectivity index (χ0n) is 11.7. The van der Waals surface area contributed by atoms with Crippen molar-refractivity contribution >= 4 is 0 Å². The van der Waals surface area contributed by atoms with E-state index in [1.54, 1.807) is 13.2 Å². The molecule has 1 fully saturated rings. The predicted octanol–water partition coefficient (Wildman–Crippen LogP) is 3.34. The summed E-state index contributed by atoms with van der Waals surface area (Å²) < 4.78 is 18.5. The highest BCUT2D eigenvalue weighted by molar-refractivity contribution is 5.22. The Labute approximate surface area is 115 Å². The monoisotopic (exact) mass is 265 g/mol. The summed E-state index contributed by atoms with van der Waals surface area (Å²) in [4.78, 5) is 0. The fourth-order valence-corrected chi connectivity index (χ4v) is 3.09. The lowest BCUT2D eigenvalue weighted by Crippen LogP contribution is -2.28. The zero-order valence-corrected chi connectivity index (χ0v) is 11.7. The molecule has 0 amide bonds. The van der Waals surface area contributed by atoms with E-state index in [9.17, 15) is 4.39 Å². The van der Waals surface area contributed by atoms with E-state index in [2.05, 4.69) is 11.4 Å². The Bertz CT molecular complexity index is 377. The minimum atomic E-state index is -0.127. The number of ether oxygens (including phenoxy) is 1. The SMILES string of the molecule is COCCNCC(c1cccc(F)c1)C1CCCC1. The van der Waals surface area contributed by atoms with Gasteiger partial charge in [-0.15, -0.1) is 0 Å². The lowest BCUT2D eigenvalue weighted by molar-refractivity contribution is 0.198. The van der Waals surface area contributed by atoms with E-state index in [0.29, 0.717) is 11.8 Å². The van der Waals surface area contributed by atoms with Gasteiger partial charge in [-0.2, -0.15) is 0 Å². The Morgan fingerprint density at radius 3 is 2.84 bits per heavy atom. The van der Waals surface area contributed by atoms with Crippen molar-refractivity contribution in [3.05, 3.63) is 35.6 Å². The summed E-state index contributed by atoms with van der Waals surface area (Å²) in [6, 6.07) is 7.10. The molecule has 0 heterocycles. The van der Waals surface area contributed by atoms with Crippen LogP contribution in [0.4, 0.5) is 4.39 Å². The van der Waals surface area contributed by atoms with Crippen LogP contribution in [0.3, 0.4) is 0 Å². The maximum Gasteiger partial charge on any atom is 0.123 e. The lowest BCUT2D eigenvalue weighted by Gasteiger charge is -2.24. The van der Waals surface area contributed by atoms with Crippen molar-refractivity contribution in [3.8, 4) is 0 Å². The van der Waals surface area contributed by atoms with E-state index in [4.69, 9.17) is 4.74 Å². The summed E-state index contributed by atoms with van der Waals surface area (Å²) in [5.74, 6) is 0.990. The number of methoxy groups -OCH3 is 1. The van der Waals surface area contributed by atoms with Gasteiger partial charge in [0.25, 0.3) is 0 Å². The number of hydrogen-bond acceptors (Lipinski definition) is 2. The maximum absolute atomic E-state index is 13.4. The first kappa shape index (κ1) is 14.5. The topological polar surface area (TPSA) is 21.3 Å². The molecule has 19 heavy (non-hydrogen) atoms. The van der Waals surface area contributed by atoms with Crippen molar-refractivity contribution in [2.75, 3.05) is 26.8 Å². The van der Waals surface area contributed by atoms with Crippen molar-refractivity contribution in [1.29, 1.82) is 0 Å². The fourth-order valence-electron chi connectivity index (χ4n) is 3.09. The fraction of sp³-hybridized carbons (Fsp3) is 0.625. The van der Waals surface area contributed by atoms with Gasteiger partial charge >= 0.3 is 0 Å². The van der Waals surface area contributed by atoms with Gasteiger partial charge in [-0.1, -0.05) is 25.0 Å². The van der Waals surface area contributed by atoms with Crippen LogP contribution in [0.25, 0.3) is 0 Å². The average Bonchev–Trinajstić information content (AvgIpc) is 2.92. The van der Waals surface area contributed by atoms with Crippen LogP contribution in [-0.2, 0) is 4.74 Å². The summed E-state index contributed by atoms with van der Waals surface area (Å²) in [6.07, 6.45) is 5.17. The van der Waals surface area contributed by atoms with Gasteiger partial charge in [0.2, 0.25) is 0 Å². The normalized spacial score (nSPS) is 17.8. The third-order valence-corrected chi connectivity index (χ3v) is 4.09. The highest BCUT2D eigenvalue weighted by Gasteiger charge is 2.26. The lowest BCUT2D eigenvalue weighted by atomic mass is 9.84. The summed E-state index contributed by atoms with van der Waals surface area (Å²) in [6.45, 7) is 2.49. The Balaban J connectivity index is 2.00. The van der Waals surface area contributed by atoms with Gasteiger partial charge in [-0.05, 0) is 42.4 Å². The number of nitrogens with one attached hydrogen (secondary N) is 1. The van der Waals surface area contributed by atoms with Crippen molar-refractivity contribution in [2.45, 2.75) is 31.6 Å². The van der Waals surface area contributed by atoms with Crippen molar-refractivity contribution in [3.63, 3.8) is 0 Å². The minimum Gasteiger partial charge on any atom is -0.383 e. The molecular formula is C16H24FNO. The molecule has 0 aromatic heterocycles. The molecule has 0 saturated heterocycles. The van der Waals surface area contributed by atoms with E-state index in [-0.39, 0.29) is 5.82 Å². The minimum absolute atomic E-state index is 0.127. The van der Waals surface area contributed by atoms with Crippen LogP contribution in [0.1, 0.15) is 37.2 Å². The molecule has 2 rings (SSSR count). The molecule has 1 aromatic rings. The zero-order chi connectivity index (χ0) is 13.5. The number of rotatable bonds is 7. The summed E-state index contributed by atoms with van der Waals surface area (Å²) in [5, 5.41) is 3.43. The van der Waals surface area contributed by atoms with Crippen LogP contribution in [-0.4, -0.2) is 26.8 Å². The van der Waals surface area contributed by atoms with Crippen molar-refractivity contribution in [1.82, 2.24) is 5.32 Å². The summed E-state index contributed by atoms with van der Waals surface area (Å²) in [7, 11) is 1.71. The van der Waals surface area contributed by atoms with E-state index < -0.39 is 0 Å². The first-order chi connectivity index (χ1) is 9.31. The molecule has 0 spiro atoms. The molecule has 1 saturated carbocycles. The molecular weight excluding hydrogens is 241 g/mol. The van der Waals surface area contributed by atoms with Crippen molar-refractivity contribution in [2.24, 2.45) is 5.92 Å². The highest BCUT2D eigenvalue weighted by Crippen LogP contribution is 2.37. The Morgan fingerprint density at radius 1 is 1.37 bits per heavy atom. The standard InChI is InChI=1S/C16H24FNO/c1-19-10-9-18-12-16(13-5-2-3-6-13)14-7-4-8-15(17)11-14/h4,7-8,11,13,16,18H,2-3,5-6,9-10,12H2,1H3. The van der Waals surface area contributed by atoms with Crippen LogP contribution in [0, 0.1) is 11.7 Å². The number of benzene rings is 1. The second-order valence-corrected chi connectivity index (χ2v) is 5.40. The van der Waals surface area contributed by atoms with Gasteiger partial charge in [-0.25, -0.2) is 4.39 Å². The molecule has 1 aromatic carbocycles. The van der Waals surface area contributed by atoms with Crippen LogP contribution in [0.2, 0.25) is 0 Å². The third kappa shape index (κ3) is 4.29. The van der Waals surface area contributed by atoms with Crippen LogP contribution < -0.4 is 5.32 Å². The summed E-state index contributed by atoms with van der Waals surface area (Å²) >= 11 is 0. The quantitative estimate of drug-likeness (QED) is 0.764.